The molecule has 0 aliphatic carbocycles. The van der Waals surface area contributed by atoms with Gasteiger partial charge in [0.2, 0.25) is 5.95 Å². The second-order valence-corrected chi connectivity index (χ2v) is 4.81. The zero-order chi connectivity index (χ0) is 14.1. The van der Waals surface area contributed by atoms with Gasteiger partial charge in [-0.1, -0.05) is 31.9 Å². The number of nitrogens with one attached hydrogen (secondary N) is 1. The van der Waals surface area contributed by atoms with Crippen LogP contribution >= 0.6 is 0 Å². The number of unbranched alkanes of at least 4 members (excludes halogenated alkanes) is 2. The van der Waals surface area contributed by atoms with Crippen molar-refractivity contribution in [1.29, 1.82) is 0 Å². The Labute approximate surface area is 115 Å². The monoisotopic (exact) mass is 263 g/mol. The summed E-state index contributed by atoms with van der Waals surface area (Å²) in [6.45, 7) is 3.97. The molecule has 0 spiro atoms. The molecule has 0 radical (unpaired) electrons. The topological polar surface area (TPSA) is 67.1 Å². The third kappa shape index (κ3) is 6.20. The number of allylic oxidation sites excluding steroid dienone is 1. The highest BCUT2D eigenvalue weighted by Gasteiger charge is 2.03. The van der Waals surface area contributed by atoms with Gasteiger partial charge in [-0.25, -0.2) is 4.98 Å². The van der Waals surface area contributed by atoms with Crippen LogP contribution in [0.3, 0.4) is 0 Å². The van der Waals surface area contributed by atoms with Crippen LogP contribution in [-0.2, 0) is 0 Å². The molecule has 0 saturated carbocycles. The van der Waals surface area contributed by atoms with Gasteiger partial charge in [-0.05, 0) is 20.5 Å². The van der Waals surface area contributed by atoms with Gasteiger partial charge >= 0.3 is 0 Å². The average Bonchev–Trinajstić information content (AvgIpc) is 2.36. The average molecular weight is 263 g/mol. The van der Waals surface area contributed by atoms with E-state index in [0.29, 0.717) is 5.95 Å². The lowest BCUT2D eigenvalue weighted by molar-refractivity contribution is 0.425. The standard InChI is InChI=1S/C14H25N5/c1-4-5-6-7-8-12-11-17-14(15)18-13(12)16-9-10-19(2)3/h7-8,11H,4-6,9-10H2,1-3H3,(H3,15,16,17,18). The molecule has 0 saturated heterocycles. The smallest absolute Gasteiger partial charge is 0.221 e. The van der Waals surface area contributed by atoms with E-state index in [-0.39, 0.29) is 0 Å². The first kappa shape index (κ1) is 15.4. The van der Waals surface area contributed by atoms with E-state index in [1.165, 1.54) is 12.8 Å². The van der Waals surface area contributed by atoms with Gasteiger partial charge in [-0.3, -0.25) is 0 Å². The summed E-state index contributed by atoms with van der Waals surface area (Å²) >= 11 is 0. The fraction of sp³-hybridized carbons (Fsp3) is 0.571. The lowest BCUT2D eigenvalue weighted by Gasteiger charge is -2.12. The van der Waals surface area contributed by atoms with E-state index >= 15 is 0 Å². The Bertz CT molecular complexity index is 401. The molecule has 106 valence electrons. The summed E-state index contributed by atoms with van der Waals surface area (Å²) in [4.78, 5) is 10.4. The van der Waals surface area contributed by atoms with Gasteiger partial charge in [0.1, 0.15) is 5.82 Å². The molecule has 0 aromatic carbocycles. The Hall–Kier alpha value is -1.62. The Kier molecular flexibility index (Phi) is 6.89. The summed E-state index contributed by atoms with van der Waals surface area (Å²) in [5, 5.41) is 3.30. The minimum absolute atomic E-state index is 0.304. The number of nitrogens with two attached hydrogens (primary N) is 1. The van der Waals surface area contributed by atoms with Gasteiger partial charge < -0.3 is 16.0 Å². The van der Waals surface area contributed by atoms with Crippen molar-refractivity contribution in [2.45, 2.75) is 26.2 Å². The van der Waals surface area contributed by atoms with Gasteiger partial charge in [-0.2, -0.15) is 4.98 Å². The first-order chi connectivity index (χ1) is 9.13. The number of likely N-dealkylation sites (N-methyl/N-ethyl adjacent to an activating group) is 1. The molecule has 19 heavy (non-hydrogen) atoms. The number of aromatic nitrogens is 2. The quantitative estimate of drug-likeness (QED) is 0.704. The number of anilines is 2. The molecule has 0 amide bonds. The molecule has 0 fully saturated rings. The van der Waals surface area contributed by atoms with Crippen LogP contribution in [-0.4, -0.2) is 42.1 Å². The number of hydrogen-bond donors (Lipinski definition) is 2. The van der Waals surface area contributed by atoms with Crippen LogP contribution in [0.2, 0.25) is 0 Å². The van der Waals surface area contributed by atoms with Crippen molar-refractivity contribution in [1.82, 2.24) is 14.9 Å². The summed E-state index contributed by atoms with van der Waals surface area (Å²) in [6, 6.07) is 0. The van der Waals surface area contributed by atoms with Crippen molar-refractivity contribution < 1.29 is 0 Å². The highest BCUT2D eigenvalue weighted by Crippen LogP contribution is 2.15. The van der Waals surface area contributed by atoms with Gasteiger partial charge in [0, 0.05) is 24.8 Å². The Morgan fingerprint density at radius 1 is 1.42 bits per heavy atom. The van der Waals surface area contributed by atoms with Crippen molar-refractivity contribution in [3.8, 4) is 0 Å². The maximum atomic E-state index is 5.64. The summed E-state index contributed by atoms with van der Waals surface area (Å²) in [6.07, 6.45) is 9.48. The Morgan fingerprint density at radius 2 is 2.21 bits per heavy atom. The van der Waals surface area contributed by atoms with Gasteiger partial charge in [-0.15, -0.1) is 0 Å². The maximum absolute atomic E-state index is 5.64. The summed E-state index contributed by atoms with van der Waals surface area (Å²) < 4.78 is 0. The Morgan fingerprint density at radius 3 is 2.89 bits per heavy atom. The normalized spacial score (nSPS) is 11.4. The second kappa shape index (κ2) is 8.48. The molecular formula is C14H25N5. The SMILES string of the molecule is CCCCC=Cc1cnc(N)nc1NCCN(C)C. The van der Waals surface area contributed by atoms with E-state index < -0.39 is 0 Å². The van der Waals surface area contributed by atoms with Crippen LogP contribution in [0.25, 0.3) is 6.08 Å². The molecule has 1 aromatic rings. The predicted molar refractivity (Wildman–Crippen MR) is 82.0 cm³/mol. The largest absolute Gasteiger partial charge is 0.368 e. The molecule has 0 aliphatic rings. The van der Waals surface area contributed by atoms with E-state index in [9.17, 15) is 0 Å². The molecule has 1 aromatic heterocycles. The van der Waals surface area contributed by atoms with E-state index in [1.807, 2.05) is 14.1 Å². The second-order valence-electron chi connectivity index (χ2n) is 4.81. The van der Waals surface area contributed by atoms with Gasteiger partial charge in [0.25, 0.3) is 0 Å². The summed E-state index contributed by atoms with van der Waals surface area (Å²) in [5.74, 6) is 1.11. The highest BCUT2D eigenvalue weighted by atomic mass is 15.1. The fourth-order valence-electron chi connectivity index (χ4n) is 1.60. The zero-order valence-corrected chi connectivity index (χ0v) is 12.2. The lowest BCUT2D eigenvalue weighted by Crippen LogP contribution is -2.21. The fourth-order valence-corrected chi connectivity index (χ4v) is 1.60. The van der Waals surface area contributed by atoms with Crippen LogP contribution in [0.1, 0.15) is 31.7 Å². The maximum Gasteiger partial charge on any atom is 0.221 e. The molecule has 0 aliphatic heterocycles. The molecule has 1 heterocycles. The lowest BCUT2D eigenvalue weighted by atomic mass is 10.2. The molecule has 0 bridgehead atoms. The van der Waals surface area contributed by atoms with Crippen LogP contribution in [0.5, 0.6) is 0 Å². The van der Waals surface area contributed by atoms with Crippen LogP contribution in [0.4, 0.5) is 11.8 Å². The van der Waals surface area contributed by atoms with Crippen molar-refractivity contribution in [3.63, 3.8) is 0 Å². The van der Waals surface area contributed by atoms with E-state index in [0.717, 1.165) is 30.9 Å². The zero-order valence-electron chi connectivity index (χ0n) is 12.2. The van der Waals surface area contributed by atoms with Crippen LogP contribution < -0.4 is 11.1 Å². The minimum Gasteiger partial charge on any atom is -0.368 e. The third-order valence-electron chi connectivity index (χ3n) is 2.71. The third-order valence-corrected chi connectivity index (χ3v) is 2.71. The molecule has 0 atom stereocenters. The van der Waals surface area contributed by atoms with Crippen molar-refractivity contribution in [2.24, 2.45) is 0 Å². The molecular weight excluding hydrogens is 238 g/mol. The number of nitrogen functional groups attached to an aromatic ring is 1. The molecule has 0 unspecified atom stereocenters. The number of rotatable bonds is 8. The van der Waals surface area contributed by atoms with Crippen LogP contribution in [0, 0.1) is 0 Å². The highest BCUT2D eigenvalue weighted by molar-refractivity contribution is 5.63. The summed E-state index contributed by atoms with van der Waals surface area (Å²) in [7, 11) is 4.09. The first-order valence-corrected chi connectivity index (χ1v) is 6.81. The molecule has 1 rings (SSSR count). The number of nitrogens with zero attached hydrogens (tertiary/aromatic N) is 3. The van der Waals surface area contributed by atoms with Crippen molar-refractivity contribution >= 4 is 17.8 Å². The first-order valence-electron chi connectivity index (χ1n) is 6.81. The van der Waals surface area contributed by atoms with E-state index in [1.54, 1.807) is 6.20 Å². The Balaban J connectivity index is 2.65. The van der Waals surface area contributed by atoms with Crippen molar-refractivity contribution in [3.05, 3.63) is 17.8 Å². The minimum atomic E-state index is 0.304. The van der Waals surface area contributed by atoms with Crippen LogP contribution in [0.15, 0.2) is 12.3 Å². The van der Waals surface area contributed by atoms with Gasteiger partial charge in [0.15, 0.2) is 0 Å². The molecule has 5 nitrogen and oxygen atoms in total. The molecule has 3 N–H and O–H groups in total. The van der Waals surface area contributed by atoms with Crippen molar-refractivity contribution in [2.75, 3.05) is 38.2 Å². The summed E-state index contributed by atoms with van der Waals surface area (Å²) in [5.41, 5.74) is 6.63. The van der Waals surface area contributed by atoms with E-state index in [2.05, 4.69) is 39.3 Å². The molecule has 5 heteroatoms. The number of hydrogen-bond acceptors (Lipinski definition) is 5. The van der Waals surface area contributed by atoms with E-state index in [4.69, 9.17) is 5.73 Å². The predicted octanol–water partition coefficient (Wildman–Crippen LogP) is 2.24. The van der Waals surface area contributed by atoms with Gasteiger partial charge in [0.05, 0.1) is 0 Å².